The standard InChI is InChI=1S/C10H15NO.ClH/c1-3-11(4-2)9-5-7-10(12)8-6-9;/h5-8,12H,3-4H2,1-2H3;1H. The van der Waals surface area contributed by atoms with Gasteiger partial charge in [-0.05, 0) is 38.1 Å². The lowest BCUT2D eigenvalue weighted by Gasteiger charge is -2.20. The van der Waals surface area contributed by atoms with Crippen LogP contribution < -0.4 is 4.90 Å². The molecule has 0 fully saturated rings. The van der Waals surface area contributed by atoms with E-state index >= 15 is 0 Å². The molecule has 0 radical (unpaired) electrons. The Morgan fingerprint density at radius 2 is 1.54 bits per heavy atom. The van der Waals surface area contributed by atoms with Gasteiger partial charge in [-0.2, -0.15) is 0 Å². The molecule has 13 heavy (non-hydrogen) atoms. The minimum Gasteiger partial charge on any atom is -0.508 e. The molecule has 0 saturated carbocycles. The van der Waals surface area contributed by atoms with Crippen molar-refractivity contribution in [2.75, 3.05) is 18.0 Å². The Labute approximate surface area is 85.6 Å². The van der Waals surface area contributed by atoms with Crippen LogP contribution in [0.25, 0.3) is 0 Å². The van der Waals surface area contributed by atoms with Gasteiger partial charge >= 0.3 is 0 Å². The molecular weight excluding hydrogens is 186 g/mol. The second-order valence-corrected chi connectivity index (χ2v) is 2.69. The van der Waals surface area contributed by atoms with E-state index in [0.29, 0.717) is 5.75 Å². The van der Waals surface area contributed by atoms with Crippen molar-refractivity contribution in [2.45, 2.75) is 13.8 Å². The zero-order valence-corrected chi connectivity index (χ0v) is 8.84. The normalized spacial score (nSPS) is 9.08. The number of phenolic OH excluding ortho intramolecular Hbond substituents is 1. The van der Waals surface area contributed by atoms with E-state index in [9.17, 15) is 0 Å². The molecule has 3 heteroatoms. The molecule has 1 rings (SSSR count). The zero-order chi connectivity index (χ0) is 8.97. The highest BCUT2D eigenvalue weighted by Gasteiger charge is 1.99. The summed E-state index contributed by atoms with van der Waals surface area (Å²) >= 11 is 0. The van der Waals surface area contributed by atoms with Gasteiger partial charge in [0.15, 0.2) is 0 Å². The number of hydrogen-bond acceptors (Lipinski definition) is 2. The van der Waals surface area contributed by atoms with Gasteiger partial charge < -0.3 is 10.0 Å². The SMILES string of the molecule is CCN(CC)c1ccc(O)cc1.Cl. The molecule has 74 valence electrons. The quantitative estimate of drug-likeness (QED) is 0.813. The minimum atomic E-state index is 0. The molecule has 0 amide bonds. The lowest BCUT2D eigenvalue weighted by atomic mass is 10.2. The van der Waals surface area contributed by atoms with E-state index < -0.39 is 0 Å². The summed E-state index contributed by atoms with van der Waals surface area (Å²) in [5.41, 5.74) is 1.16. The largest absolute Gasteiger partial charge is 0.508 e. The third-order valence-corrected chi connectivity index (χ3v) is 1.98. The van der Waals surface area contributed by atoms with E-state index in [4.69, 9.17) is 5.11 Å². The maximum absolute atomic E-state index is 9.07. The van der Waals surface area contributed by atoms with Crippen molar-refractivity contribution in [1.82, 2.24) is 0 Å². The summed E-state index contributed by atoms with van der Waals surface area (Å²) in [5, 5.41) is 9.07. The van der Waals surface area contributed by atoms with Crippen LogP contribution in [0.15, 0.2) is 24.3 Å². The van der Waals surface area contributed by atoms with Crippen LogP contribution >= 0.6 is 12.4 Å². The van der Waals surface area contributed by atoms with E-state index in [-0.39, 0.29) is 12.4 Å². The number of halogens is 1. The fraction of sp³-hybridized carbons (Fsp3) is 0.400. The first-order chi connectivity index (χ1) is 5.77. The van der Waals surface area contributed by atoms with E-state index in [2.05, 4.69) is 18.7 Å². The lowest BCUT2D eigenvalue weighted by molar-refractivity contribution is 0.475. The van der Waals surface area contributed by atoms with Crippen LogP contribution in [0.2, 0.25) is 0 Å². The summed E-state index contributed by atoms with van der Waals surface area (Å²) in [4.78, 5) is 2.24. The summed E-state index contributed by atoms with van der Waals surface area (Å²) < 4.78 is 0. The van der Waals surface area contributed by atoms with Crippen LogP contribution in [0.1, 0.15) is 13.8 Å². The van der Waals surface area contributed by atoms with Gasteiger partial charge in [0.2, 0.25) is 0 Å². The van der Waals surface area contributed by atoms with Crippen LogP contribution in [0, 0.1) is 0 Å². The number of anilines is 1. The van der Waals surface area contributed by atoms with Crippen molar-refractivity contribution in [1.29, 1.82) is 0 Å². The second kappa shape index (κ2) is 5.70. The van der Waals surface area contributed by atoms with E-state index in [1.54, 1.807) is 12.1 Å². The first-order valence-corrected chi connectivity index (χ1v) is 4.32. The summed E-state index contributed by atoms with van der Waals surface area (Å²) in [7, 11) is 0. The summed E-state index contributed by atoms with van der Waals surface area (Å²) in [6.07, 6.45) is 0. The summed E-state index contributed by atoms with van der Waals surface area (Å²) in [6.45, 7) is 6.25. The molecular formula is C10H16ClNO. The minimum absolute atomic E-state index is 0. The molecule has 0 aliphatic heterocycles. The van der Waals surface area contributed by atoms with Crippen molar-refractivity contribution in [3.8, 4) is 5.75 Å². The first-order valence-electron chi connectivity index (χ1n) is 4.32. The van der Waals surface area contributed by atoms with Gasteiger partial charge in [-0.1, -0.05) is 0 Å². The zero-order valence-electron chi connectivity index (χ0n) is 8.03. The Kier molecular flexibility index (Phi) is 5.31. The Bertz CT molecular complexity index is 231. The van der Waals surface area contributed by atoms with E-state index in [1.165, 1.54) is 0 Å². The topological polar surface area (TPSA) is 23.5 Å². The molecule has 1 aromatic carbocycles. The maximum atomic E-state index is 9.07. The molecule has 2 nitrogen and oxygen atoms in total. The third kappa shape index (κ3) is 3.15. The monoisotopic (exact) mass is 201 g/mol. The van der Waals surface area contributed by atoms with E-state index in [1.807, 2.05) is 12.1 Å². The smallest absolute Gasteiger partial charge is 0.115 e. The van der Waals surface area contributed by atoms with Crippen molar-refractivity contribution in [3.05, 3.63) is 24.3 Å². The molecule has 0 saturated heterocycles. The average Bonchev–Trinajstić information content (AvgIpc) is 2.10. The van der Waals surface area contributed by atoms with Crippen LogP contribution in [-0.4, -0.2) is 18.2 Å². The highest BCUT2D eigenvalue weighted by Crippen LogP contribution is 2.17. The van der Waals surface area contributed by atoms with Crippen LogP contribution in [-0.2, 0) is 0 Å². The lowest BCUT2D eigenvalue weighted by Crippen LogP contribution is -2.21. The summed E-state index contributed by atoms with van der Waals surface area (Å²) in [6, 6.07) is 7.30. The van der Waals surface area contributed by atoms with E-state index in [0.717, 1.165) is 18.8 Å². The van der Waals surface area contributed by atoms with Crippen LogP contribution in [0.3, 0.4) is 0 Å². The highest BCUT2D eigenvalue weighted by molar-refractivity contribution is 5.85. The number of benzene rings is 1. The molecule has 1 aromatic rings. The van der Waals surface area contributed by atoms with Gasteiger partial charge in [-0.15, -0.1) is 12.4 Å². The van der Waals surface area contributed by atoms with Gasteiger partial charge in [0.05, 0.1) is 0 Å². The predicted molar refractivity (Wildman–Crippen MR) is 58.9 cm³/mol. The van der Waals surface area contributed by atoms with Gasteiger partial charge in [-0.3, -0.25) is 0 Å². The van der Waals surface area contributed by atoms with Gasteiger partial charge in [-0.25, -0.2) is 0 Å². The molecule has 1 N–H and O–H groups in total. The molecule has 0 atom stereocenters. The first kappa shape index (κ1) is 12.1. The fourth-order valence-corrected chi connectivity index (χ4v) is 1.25. The highest BCUT2D eigenvalue weighted by atomic mass is 35.5. The molecule has 0 aliphatic rings. The number of rotatable bonds is 3. The Morgan fingerprint density at radius 1 is 1.08 bits per heavy atom. The van der Waals surface area contributed by atoms with Crippen LogP contribution in [0.4, 0.5) is 5.69 Å². The molecule has 0 spiro atoms. The molecule has 0 bridgehead atoms. The number of nitrogens with zero attached hydrogens (tertiary/aromatic N) is 1. The molecule has 0 heterocycles. The number of hydrogen-bond donors (Lipinski definition) is 1. The average molecular weight is 202 g/mol. The Hall–Kier alpha value is -0.890. The second-order valence-electron chi connectivity index (χ2n) is 2.69. The molecule has 0 unspecified atom stereocenters. The summed E-state index contributed by atoms with van der Waals surface area (Å²) in [5.74, 6) is 0.325. The van der Waals surface area contributed by atoms with Gasteiger partial charge in [0, 0.05) is 18.8 Å². The van der Waals surface area contributed by atoms with Crippen molar-refractivity contribution < 1.29 is 5.11 Å². The fourth-order valence-electron chi connectivity index (χ4n) is 1.25. The van der Waals surface area contributed by atoms with Gasteiger partial charge in [0.1, 0.15) is 5.75 Å². The number of phenols is 1. The van der Waals surface area contributed by atoms with Crippen molar-refractivity contribution in [2.24, 2.45) is 0 Å². The van der Waals surface area contributed by atoms with Crippen LogP contribution in [0.5, 0.6) is 5.75 Å². The van der Waals surface area contributed by atoms with Gasteiger partial charge in [0.25, 0.3) is 0 Å². The Morgan fingerprint density at radius 3 is 1.92 bits per heavy atom. The molecule has 0 aliphatic carbocycles. The maximum Gasteiger partial charge on any atom is 0.115 e. The predicted octanol–water partition coefficient (Wildman–Crippen LogP) is 2.66. The van der Waals surface area contributed by atoms with Crippen molar-refractivity contribution >= 4 is 18.1 Å². The third-order valence-electron chi connectivity index (χ3n) is 1.98. The number of aromatic hydroxyl groups is 1. The molecule has 0 aromatic heterocycles. The van der Waals surface area contributed by atoms with Crippen molar-refractivity contribution in [3.63, 3.8) is 0 Å². The Balaban J connectivity index is 0.00000144.